The van der Waals surface area contributed by atoms with E-state index in [9.17, 15) is 28.8 Å². The highest BCUT2D eigenvalue weighted by Crippen LogP contribution is 2.41. The van der Waals surface area contributed by atoms with Crippen LogP contribution in [-0.4, -0.2) is 165 Å². The van der Waals surface area contributed by atoms with Crippen molar-refractivity contribution in [3.8, 4) is 11.5 Å². The molecule has 0 radical (unpaired) electrons. The Morgan fingerprint density at radius 3 is 2.25 bits per heavy atom. The number of aromatic nitrogens is 5. The zero-order chi connectivity index (χ0) is 59.9. The number of carbonyl (C=O) groups excluding carboxylic acids is 5. The quantitative estimate of drug-likeness (QED) is 0.0322. The molecule has 0 saturated carbocycles. The van der Waals surface area contributed by atoms with E-state index in [1.54, 1.807) is 54.4 Å². The van der Waals surface area contributed by atoms with Crippen molar-refractivity contribution in [2.45, 2.75) is 51.2 Å². The van der Waals surface area contributed by atoms with E-state index in [0.29, 0.717) is 117 Å². The third kappa shape index (κ3) is 15.6. The molecule has 7 N–H and O–H groups in total. The van der Waals surface area contributed by atoms with Crippen molar-refractivity contribution >= 4 is 81.1 Å². The van der Waals surface area contributed by atoms with E-state index < -0.39 is 17.0 Å². The fraction of sp³-hybridized carbons (Fsp3) is 0.431. The Labute approximate surface area is 491 Å². The molecule has 8 rings (SSSR count). The first kappa shape index (κ1) is 61.7. The second kappa shape index (κ2) is 28.8. The van der Waals surface area contributed by atoms with Crippen molar-refractivity contribution in [3.63, 3.8) is 0 Å². The van der Waals surface area contributed by atoms with Crippen LogP contribution in [0.3, 0.4) is 0 Å². The number of methoxy groups -OCH3 is 1. The monoisotopic (exact) mass is 1180 g/mol. The highest BCUT2D eigenvalue weighted by atomic mass is 35.5. The van der Waals surface area contributed by atoms with Crippen molar-refractivity contribution in [1.29, 1.82) is 0 Å². The van der Waals surface area contributed by atoms with Crippen LogP contribution in [0.5, 0.6) is 11.5 Å². The fourth-order valence-corrected chi connectivity index (χ4v) is 9.99. The smallest absolute Gasteiger partial charge is 0.319 e. The molecular formula is C58H73ClN14O11. The number of carbonyl (C=O) groups is 5. The summed E-state index contributed by atoms with van der Waals surface area (Å²) in [5, 5.41) is 25.9. The van der Waals surface area contributed by atoms with Gasteiger partial charge in [-0.2, -0.15) is 10.1 Å². The number of piperidine rings is 1. The lowest BCUT2D eigenvalue weighted by Crippen LogP contribution is -2.48. The Kier molecular flexibility index (Phi) is 21.1. The lowest BCUT2D eigenvalue weighted by atomic mass is 9.96. The second-order valence-electron chi connectivity index (χ2n) is 20.9. The SMILES string of the molecule is CNC(=O)COc1cc2cc(Nc3nc(N4CCC(C(=O)NCCOCCOCCOCCC(=O)Nc5ccc(C(=O)Nc6n[nH]c7c6CN(C(=O)N[C@H](CN(C)C)c6ccccc6)C7(C)C)cc5)CC4)ncc3Cl)cc(OC)c2n(C)c1=O. The molecule has 3 aromatic carbocycles. The van der Waals surface area contributed by atoms with Gasteiger partial charge in [-0.05, 0) is 82.7 Å². The molecule has 3 aromatic heterocycles. The zero-order valence-electron chi connectivity index (χ0n) is 48.3. The Balaban J connectivity index is 0.668. The van der Waals surface area contributed by atoms with E-state index in [4.69, 9.17) is 40.3 Å². The first-order valence-corrected chi connectivity index (χ1v) is 28.0. The van der Waals surface area contributed by atoms with Crippen LogP contribution in [0.1, 0.15) is 66.3 Å². The summed E-state index contributed by atoms with van der Waals surface area (Å²) in [6.45, 7) is 7.63. The number of benzene rings is 3. The predicted molar refractivity (Wildman–Crippen MR) is 317 cm³/mol. The van der Waals surface area contributed by atoms with Gasteiger partial charge in [0.15, 0.2) is 24.0 Å². The number of ether oxygens (including phenoxy) is 5. The molecule has 0 bridgehead atoms. The number of halogens is 1. The van der Waals surface area contributed by atoms with Gasteiger partial charge in [0.1, 0.15) is 10.8 Å². The molecule has 6 aromatic rings. The van der Waals surface area contributed by atoms with Gasteiger partial charge < -0.3 is 74.9 Å². The number of nitrogens with zero attached hydrogens (tertiary/aromatic N) is 7. The van der Waals surface area contributed by atoms with Gasteiger partial charge in [-0.15, -0.1) is 0 Å². The van der Waals surface area contributed by atoms with E-state index in [2.05, 4.69) is 47.1 Å². The molecule has 5 heterocycles. The summed E-state index contributed by atoms with van der Waals surface area (Å²) in [5.74, 6) is 0.299. The van der Waals surface area contributed by atoms with Crippen molar-refractivity contribution in [3.05, 3.63) is 117 Å². The number of pyridine rings is 1. The van der Waals surface area contributed by atoms with Crippen LogP contribution >= 0.6 is 11.6 Å². The summed E-state index contributed by atoms with van der Waals surface area (Å²) in [7, 11) is 8.50. The third-order valence-electron chi connectivity index (χ3n) is 14.4. The molecule has 0 unspecified atom stereocenters. The Hall–Kier alpha value is -8.36. The van der Waals surface area contributed by atoms with Crippen molar-refractivity contribution in [2.75, 3.05) is 122 Å². The maximum Gasteiger partial charge on any atom is 0.319 e. The average Bonchev–Trinajstić information content (AvgIpc) is 3.49. The summed E-state index contributed by atoms with van der Waals surface area (Å²) in [4.78, 5) is 92.6. The van der Waals surface area contributed by atoms with Gasteiger partial charge in [0.05, 0.1) is 88.7 Å². The van der Waals surface area contributed by atoms with Gasteiger partial charge in [-0.3, -0.25) is 29.1 Å². The number of urea groups is 1. The van der Waals surface area contributed by atoms with Gasteiger partial charge in [0.25, 0.3) is 17.4 Å². The first-order valence-electron chi connectivity index (χ1n) is 27.6. The number of fused-ring (bicyclic) bond motifs is 2. The molecule has 26 heteroatoms. The lowest BCUT2D eigenvalue weighted by molar-refractivity contribution is -0.126. The number of amides is 6. The molecule has 2 aliphatic heterocycles. The van der Waals surface area contributed by atoms with Gasteiger partial charge in [-0.25, -0.2) is 9.78 Å². The summed E-state index contributed by atoms with van der Waals surface area (Å²) in [5.41, 5.74) is 3.29. The molecule has 6 amide bonds. The maximum atomic E-state index is 13.8. The van der Waals surface area contributed by atoms with E-state index in [0.717, 1.165) is 16.8 Å². The number of likely N-dealkylation sites (N-methyl/N-ethyl adjacent to an activating group) is 2. The number of hydrogen-bond donors (Lipinski definition) is 7. The largest absolute Gasteiger partial charge is 0.494 e. The highest BCUT2D eigenvalue weighted by Gasteiger charge is 2.44. The van der Waals surface area contributed by atoms with Crippen LogP contribution in [0.15, 0.2) is 83.8 Å². The first-order chi connectivity index (χ1) is 40.4. The molecule has 2 aliphatic rings. The molecule has 1 atom stereocenters. The number of anilines is 5. The van der Waals surface area contributed by atoms with Crippen molar-refractivity contribution in [2.24, 2.45) is 13.0 Å². The minimum absolute atomic E-state index is 0.00279. The van der Waals surface area contributed by atoms with E-state index >= 15 is 0 Å². The van der Waals surface area contributed by atoms with Crippen molar-refractivity contribution < 1.29 is 47.7 Å². The summed E-state index contributed by atoms with van der Waals surface area (Å²) in [6.07, 6.45) is 2.82. The molecular weight excluding hydrogens is 1100 g/mol. The molecule has 0 aliphatic carbocycles. The standard InChI is InChI=1S/C58H73ClN14O11/c1-58(2)50-42(33-73(58)57(79)65-44(34-70(4)5)36-11-9-8-10-12-36)51(69-68-50)66-54(77)37-13-15-40(16-14-37)63-47(74)19-23-81-25-27-83-28-26-82-24-20-61-53(76)38-17-21-72(22-18-38)56-62-32-43(59)52(67-56)64-41-29-39-30-46(84-35-48(75)60-3)55(78)71(6)49(39)45(31-41)80-7/h8-16,29-32,38,44H,17-28,33-35H2,1-7H3,(H,60,75)(H,61,76)(H,63,74)(H,65,79)(H,62,64,67)(H2,66,68,69,77)/t44-/m1/s1. The van der Waals surface area contributed by atoms with Crippen LogP contribution in [0.25, 0.3) is 10.9 Å². The van der Waals surface area contributed by atoms with Gasteiger partial charge >= 0.3 is 6.03 Å². The fourth-order valence-electron chi connectivity index (χ4n) is 9.85. The highest BCUT2D eigenvalue weighted by molar-refractivity contribution is 6.33. The van der Waals surface area contributed by atoms with Crippen LogP contribution in [0.2, 0.25) is 5.02 Å². The third-order valence-corrected chi connectivity index (χ3v) is 14.7. The number of hydrogen-bond acceptors (Lipinski definition) is 17. The van der Waals surface area contributed by atoms with E-state index in [1.165, 1.54) is 24.9 Å². The Morgan fingerprint density at radius 2 is 1.56 bits per heavy atom. The second-order valence-corrected chi connectivity index (χ2v) is 21.3. The molecule has 1 fully saturated rings. The zero-order valence-corrected chi connectivity index (χ0v) is 49.0. The minimum Gasteiger partial charge on any atom is -0.494 e. The summed E-state index contributed by atoms with van der Waals surface area (Å²) < 4.78 is 29.4. The molecule has 1 saturated heterocycles. The number of aryl methyl sites for hydroxylation is 1. The Morgan fingerprint density at radius 1 is 0.857 bits per heavy atom. The van der Waals surface area contributed by atoms with Crippen molar-refractivity contribution in [1.82, 2.24) is 50.5 Å². The Bertz CT molecular complexity index is 3330. The van der Waals surface area contributed by atoms with E-state index in [1.807, 2.05) is 68.1 Å². The number of aromatic amines is 1. The van der Waals surface area contributed by atoms with Crippen LogP contribution in [-0.2, 0) is 47.7 Å². The van der Waals surface area contributed by atoms with E-state index in [-0.39, 0.29) is 79.3 Å². The van der Waals surface area contributed by atoms with Gasteiger partial charge in [-0.1, -0.05) is 41.9 Å². The van der Waals surface area contributed by atoms with Crippen LogP contribution in [0, 0.1) is 5.92 Å². The molecule has 448 valence electrons. The minimum atomic E-state index is -0.722. The molecule has 25 nitrogen and oxygen atoms in total. The normalized spacial score (nSPS) is 14.2. The van der Waals surface area contributed by atoms with Crippen LogP contribution in [0.4, 0.5) is 33.8 Å². The number of nitrogens with one attached hydrogen (secondary N) is 7. The summed E-state index contributed by atoms with van der Waals surface area (Å²) >= 11 is 6.56. The molecule has 0 spiro atoms. The average molecular weight is 1180 g/mol. The van der Waals surface area contributed by atoms with Gasteiger partial charge in [0.2, 0.25) is 17.8 Å². The number of H-pyrrole nitrogens is 1. The maximum absolute atomic E-state index is 13.8. The predicted octanol–water partition coefficient (Wildman–Crippen LogP) is 5.31. The van der Waals surface area contributed by atoms with Gasteiger partial charge in [0, 0.05) is 80.1 Å². The molecule has 84 heavy (non-hydrogen) atoms. The lowest BCUT2D eigenvalue weighted by Gasteiger charge is -2.34. The summed E-state index contributed by atoms with van der Waals surface area (Å²) in [6, 6.07) is 20.9. The number of rotatable bonds is 27. The van der Waals surface area contributed by atoms with Crippen LogP contribution < -0.4 is 51.8 Å². The topological polar surface area (TPSA) is 290 Å².